The summed E-state index contributed by atoms with van der Waals surface area (Å²) in [5, 5.41) is 3.95. The van der Waals surface area contributed by atoms with Gasteiger partial charge in [-0.05, 0) is 61.1 Å². The lowest BCUT2D eigenvalue weighted by molar-refractivity contribution is -0.126. The number of nitrogens with one attached hydrogen (secondary N) is 2. The molecule has 0 spiro atoms. The van der Waals surface area contributed by atoms with Gasteiger partial charge < -0.3 is 20.5 Å². The highest BCUT2D eigenvalue weighted by Crippen LogP contribution is 2.49. The van der Waals surface area contributed by atoms with Crippen molar-refractivity contribution >= 4 is 26.8 Å². The maximum Gasteiger partial charge on any atom is 0.261 e. The van der Waals surface area contributed by atoms with Gasteiger partial charge in [0, 0.05) is 47.2 Å². The molecule has 272 valence electrons. The lowest BCUT2D eigenvalue weighted by Gasteiger charge is -2.25. The molecule has 7 rings (SSSR count). The molecule has 5 atom stereocenters. The first-order valence-electron chi connectivity index (χ1n) is 17.8. The van der Waals surface area contributed by atoms with Crippen LogP contribution in [0.25, 0.3) is 22.2 Å². The molecule has 2 saturated carbocycles. The number of carbonyl (C=O) groups excluding carboxylic acids is 1. The summed E-state index contributed by atoms with van der Waals surface area (Å²) in [6, 6.07) is 34.0. The van der Waals surface area contributed by atoms with E-state index < -0.39 is 27.5 Å². The molecule has 0 radical (unpaired) electrons. The van der Waals surface area contributed by atoms with Crippen molar-refractivity contribution in [1.29, 1.82) is 0 Å². The van der Waals surface area contributed by atoms with E-state index in [0.717, 1.165) is 34.1 Å². The number of nitrogens with zero attached hydrogens (tertiary/aromatic N) is 1. The van der Waals surface area contributed by atoms with Gasteiger partial charge in [0.25, 0.3) is 10.0 Å². The number of carbonyl (C=O) groups is 1. The fourth-order valence-corrected chi connectivity index (χ4v) is 8.51. The highest BCUT2D eigenvalue weighted by molar-refractivity contribution is 7.89. The van der Waals surface area contributed by atoms with E-state index >= 15 is 0 Å². The third kappa shape index (κ3) is 7.70. The van der Waals surface area contributed by atoms with Crippen LogP contribution in [0.2, 0.25) is 0 Å². The van der Waals surface area contributed by atoms with Crippen molar-refractivity contribution in [3.8, 4) is 22.8 Å². The first-order chi connectivity index (χ1) is 25.6. The van der Waals surface area contributed by atoms with Crippen LogP contribution in [0.15, 0.2) is 139 Å². The van der Waals surface area contributed by atoms with E-state index in [2.05, 4.69) is 35.3 Å². The average Bonchev–Trinajstić information content (AvgIpc) is 3.77. The molecule has 4 N–H and O–H groups in total. The number of hydrogen-bond acceptors (Lipinski definition) is 7. The Bertz CT molecular complexity index is 2260. The van der Waals surface area contributed by atoms with Crippen LogP contribution in [0.5, 0.6) is 11.5 Å². The summed E-state index contributed by atoms with van der Waals surface area (Å²) in [4.78, 5) is 19.0. The molecule has 0 aliphatic heterocycles. The third-order valence-electron chi connectivity index (χ3n) is 10.4. The van der Waals surface area contributed by atoms with Crippen molar-refractivity contribution in [2.45, 2.75) is 54.7 Å². The van der Waals surface area contributed by atoms with Gasteiger partial charge in [-0.1, -0.05) is 85.5 Å². The Morgan fingerprint density at radius 2 is 1.66 bits per heavy atom. The van der Waals surface area contributed by atoms with Crippen LogP contribution >= 0.6 is 0 Å². The van der Waals surface area contributed by atoms with Gasteiger partial charge in [-0.3, -0.25) is 9.52 Å². The zero-order chi connectivity index (χ0) is 37.2. The van der Waals surface area contributed by atoms with Crippen LogP contribution in [-0.2, 0) is 27.7 Å². The summed E-state index contributed by atoms with van der Waals surface area (Å²) < 4.78 is 42.0. The molecule has 1 heterocycles. The second-order valence-corrected chi connectivity index (χ2v) is 15.6. The largest absolute Gasteiger partial charge is 0.497 e. The molecule has 2 aliphatic rings. The highest BCUT2D eigenvalue weighted by atomic mass is 32.2. The van der Waals surface area contributed by atoms with Gasteiger partial charge in [0.2, 0.25) is 5.91 Å². The lowest BCUT2D eigenvalue weighted by Crippen LogP contribution is -2.49. The first kappa shape index (κ1) is 35.9. The van der Waals surface area contributed by atoms with E-state index in [1.54, 1.807) is 31.4 Å². The maximum atomic E-state index is 13.9. The number of ether oxygens (including phenoxy) is 2. The Labute approximate surface area is 311 Å². The van der Waals surface area contributed by atoms with Gasteiger partial charge in [0.05, 0.1) is 34.7 Å². The summed E-state index contributed by atoms with van der Waals surface area (Å²) >= 11 is 0. The molecule has 1 amide bonds. The molecule has 53 heavy (non-hydrogen) atoms. The van der Waals surface area contributed by atoms with Crippen LogP contribution < -0.4 is 25.2 Å². The summed E-state index contributed by atoms with van der Waals surface area (Å²) in [5.74, 6) is 0.303. The predicted octanol–water partition coefficient (Wildman–Crippen LogP) is 6.73. The smallest absolute Gasteiger partial charge is 0.261 e. The van der Waals surface area contributed by atoms with Crippen molar-refractivity contribution in [2.24, 2.45) is 17.6 Å². The zero-order valence-electron chi connectivity index (χ0n) is 29.7. The number of methoxy groups -OCH3 is 1. The van der Waals surface area contributed by atoms with Crippen molar-refractivity contribution in [3.63, 3.8) is 0 Å². The van der Waals surface area contributed by atoms with Crippen molar-refractivity contribution in [2.75, 3.05) is 7.11 Å². The minimum Gasteiger partial charge on any atom is -0.497 e. The number of hydrogen-bond donors (Lipinski definition) is 3. The monoisotopic (exact) mass is 728 g/mol. The molecular formula is C43H44N4O5S. The zero-order valence-corrected chi connectivity index (χ0v) is 30.5. The van der Waals surface area contributed by atoms with Gasteiger partial charge >= 0.3 is 0 Å². The van der Waals surface area contributed by atoms with Crippen LogP contribution in [0, 0.1) is 11.8 Å². The topological polar surface area (TPSA) is 133 Å². The molecule has 0 unspecified atom stereocenters. The number of aromatic nitrogens is 1. The van der Waals surface area contributed by atoms with Gasteiger partial charge in [-0.15, -0.1) is 6.58 Å². The molecule has 0 bridgehead atoms. The SMILES string of the molecule is C=C[C@@H]1C[C@]1(NC(=O)[C@@H]1C[C@@H](Oc2cc(-c3ccccc3)nc3cc(OC)ccc23)C[C@@H]1N)C(=C)NS(=O)(=O)c1cccc(CCc2ccccc2)c1. The molecule has 9 nitrogen and oxygen atoms in total. The molecule has 1 aromatic heterocycles. The number of benzene rings is 4. The minimum atomic E-state index is -3.99. The predicted molar refractivity (Wildman–Crippen MR) is 208 cm³/mol. The quantitative estimate of drug-likeness (QED) is 0.108. The Morgan fingerprint density at radius 3 is 2.38 bits per heavy atom. The van der Waals surface area contributed by atoms with E-state index in [-0.39, 0.29) is 28.5 Å². The van der Waals surface area contributed by atoms with E-state index in [9.17, 15) is 13.2 Å². The Hall–Kier alpha value is -5.45. The number of aryl methyl sites for hydroxylation is 2. The average molecular weight is 729 g/mol. The fourth-order valence-electron chi connectivity index (χ4n) is 7.32. The Kier molecular flexibility index (Phi) is 10.1. The van der Waals surface area contributed by atoms with Gasteiger partial charge in [0.15, 0.2) is 0 Å². The first-order valence-corrected chi connectivity index (χ1v) is 19.3. The molecule has 4 aromatic carbocycles. The minimum absolute atomic E-state index is 0.136. The summed E-state index contributed by atoms with van der Waals surface area (Å²) in [6.45, 7) is 8.04. The lowest BCUT2D eigenvalue weighted by atomic mass is 10.0. The number of sulfonamides is 1. The second-order valence-electron chi connectivity index (χ2n) is 14.0. The molecule has 0 saturated heterocycles. The molecule has 2 aliphatic carbocycles. The number of fused-ring (bicyclic) bond motifs is 1. The number of pyridine rings is 1. The summed E-state index contributed by atoms with van der Waals surface area (Å²) in [7, 11) is -2.37. The Balaban J connectivity index is 1.04. The molecule has 5 aromatic rings. The van der Waals surface area contributed by atoms with Crippen LogP contribution in [-0.4, -0.2) is 44.1 Å². The van der Waals surface area contributed by atoms with Crippen molar-refractivity contribution in [1.82, 2.24) is 15.0 Å². The van der Waals surface area contributed by atoms with E-state index in [4.69, 9.17) is 20.2 Å². The number of nitrogens with two attached hydrogens (primary N) is 1. The van der Waals surface area contributed by atoms with Crippen LogP contribution in [0.4, 0.5) is 0 Å². The van der Waals surface area contributed by atoms with Crippen LogP contribution in [0.3, 0.4) is 0 Å². The van der Waals surface area contributed by atoms with Gasteiger partial charge in [0.1, 0.15) is 17.6 Å². The van der Waals surface area contributed by atoms with Crippen LogP contribution in [0.1, 0.15) is 30.4 Å². The second kappa shape index (κ2) is 14.9. The van der Waals surface area contributed by atoms with E-state index in [1.807, 2.05) is 78.9 Å². The summed E-state index contributed by atoms with van der Waals surface area (Å²) in [6.07, 6.45) is 4.19. The van der Waals surface area contributed by atoms with E-state index in [1.165, 1.54) is 5.56 Å². The van der Waals surface area contributed by atoms with Gasteiger partial charge in [-0.25, -0.2) is 13.4 Å². The van der Waals surface area contributed by atoms with Crippen molar-refractivity contribution in [3.05, 3.63) is 145 Å². The number of rotatable bonds is 14. The standard InChI is InChI=1S/C43H44N4O5S/c1-4-32-27-43(32,28(2)47-53(49,50)35-17-11-14-30(22-35)19-18-29-12-7-5-8-13-29)46-42(48)37-23-34(24-38(37)44)52-41-26-39(31-15-9-6-10-16-31)45-40-25-33(51-3)20-21-36(40)41/h4-17,20-22,25-26,32,34,37-38,47H,1-2,18-19,23-24,27,44H2,3H3,(H,46,48)/t32-,34-,37-,38+,43+/m1/s1. The highest BCUT2D eigenvalue weighted by Gasteiger charge is 2.57. The van der Waals surface area contributed by atoms with Gasteiger partial charge in [-0.2, -0.15) is 0 Å². The number of amides is 1. The molecular weight excluding hydrogens is 685 g/mol. The normalized spacial score (nSPS) is 22.2. The Morgan fingerprint density at radius 1 is 0.943 bits per heavy atom. The molecule has 2 fully saturated rings. The fraction of sp³-hybridized carbons (Fsp3) is 0.256. The van der Waals surface area contributed by atoms with E-state index in [0.29, 0.717) is 37.2 Å². The maximum absolute atomic E-state index is 13.9. The third-order valence-corrected chi connectivity index (χ3v) is 11.8. The van der Waals surface area contributed by atoms with Crippen molar-refractivity contribution < 1.29 is 22.7 Å². The summed E-state index contributed by atoms with van der Waals surface area (Å²) in [5.41, 5.74) is 10.3. The molecule has 10 heteroatoms.